The highest BCUT2D eigenvalue weighted by atomic mass is 79.9. The van der Waals surface area contributed by atoms with Crippen molar-refractivity contribution in [2.24, 2.45) is 0 Å². The van der Waals surface area contributed by atoms with Crippen LogP contribution >= 0.6 is 39.5 Å². The number of carbonyl (C=O) groups is 1. The Balaban J connectivity index is 1.58. The summed E-state index contributed by atoms with van der Waals surface area (Å²) in [6.45, 7) is 0. The van der Waals surface area contributed by atoms with E-state index in [-0.39, 0.29) is 17.2 Å². The zero-order valence-corrected chi connectivity index (χ0v) is 16.6. The average Bonchev–Trinajstić information content (AvgIpc) is 2.65. The van der Waals surface area contributed by atoms with Crippen LogP contribution < -0.4 is 4.90 Å². The molecule has 1 amide bonds. The third-order valence-electron chi connectivity index (χ3n) is 4.19. The maximum Gasteiger partial charge on any atom is 0.237 e. The second kappa shape index (κ2) is 7.44. The number of carbonyl (C=O) groups excluding carboxylic acids is 1. The molecule has 0 bridgehead atoms. The van der Waals surface area contributed by atoms with Gasteiger partial charge in [0, 0.05) is 14.3 Å². The van der Waals surface area contributed by atoms with Crippen LogP contribution in [-0.2, 0) is 4.79 Å². The summed E-state index contributed by atoms with van der Waals surface area (Å²) in [6, 6.07) is 16.4. The predicted molar refractivity (Wildman–Crippen MR) is 111 cm³/mol. The van der Waals surface area contributed by atoms with E-state index < -0.39 is 0 Å². The van der Waals surface area contributed by atoms with Crippen molar-refractivity contribution in [3.05, 3.63) is 77.3 Å². The minimum atomic E-state index is 0.0860. The van der Waals surface area contributed by atoms with E-state index in [4.69, 9.17) is 0 Å². The summed E-state index contributed by atoms with van der Waals surface area (Å²) in [5.74, 6) is 0.581. The molecular formula is C20H16BrNOS2. The number of benzene rings is 2. The van der Waals surface area contributed by atoms with Gasteiger partial charge in [-0.1, -0.05) is 52.4 Å². The highest BCUT2D eigenvalue weighted by molar-refractivity contribution is 9.10. The number of para-hydroxylation sites is 1. The van der Waals surface area contributed by atoms with Gasteiger partial charge in [-0.05, 0) is 36.4 Å². The first kappa shape index (κ1) is 17.0. The first-order valence-electron chi connectivity index (χ1n) is 8.03. The summed E-state index contributed by atoms with van der Waals surface area (Å²) < 4.78 is 1.05. The van der Waals surface area contributed by atoms with E-state index in [9.17, 15) is 4.79 Å². The Bertz CT molecular complexity index is 847. The van der Waals surface area contributed by atoms with E-state index >= 15 is 0 Å². The van der Waals surface area contributed by atoms with Gasteiger partial charge in [-0.3, -0.25) is 4.79 Å². The fourth-order valence-corrected chi connectivity index (χ4v) is 5.31. The van der Waals surface area contributed by atoms with Crippen LogP contribution in [0.3, 0.4) is 0 Å². The zero-order chi connectivity index (χ0) is 17.2. The maximum absolute atomic E-state index is 13.1. The molecule has 2 aliphatic rings. The predicted octanol–water partition coefficient (Wildman–Crippen LogP) is 5.54. The molecule has 0 aromatic heterocycles. The van der Waals surface area contributed by atoms with Crippen molar-refractivity contribution in [3.8, 4) is 0 Å². The molecule has 5 heteroatoms. The van der Waals surface area contributed by atoms with Crippen LogP contribution in [0.15, 0.2) is 87.1 Å². The molecule has 1 aliphatic heterocycles. The smallest absolute Gasteiger partial charge is 0.237 e. The average molecular weight is 430 g/mol. The Morgan fingerprint density at radius 1 is 1.08 bits per heavy atom. The van der Waals surface area contributed by atoms with Gasteiger partial charge in [-0.15, -0.1) is 23.5 Å². The van der Waals surface area contributed by atoms with Crippen molar-refractivity contribution in [2.75, 3.05) is 10.7 Å². The number of fused-ring (bicyclic) bond motifs is 2. The topological polar surface area (TPSA) is 20.3 Å². The van der Waals surface area contributed by atoms with Crippen molar-refractivity contribution < 1.29 is 4.79 Å². The van der Waals surface area contributed by atoms with Crippen LogP contribution in [0, 0.1) is 0 Å². The molecular weight excluding hydrogens is 414 g/mol. The summed E-state index contributed by atoms with van der Waals surface area (Å²) in [7, 11) is 0. The summed E-state index contributed by atoms with van der Waals surface area (Å²) in [5.41, 5.74) is 1.02. The Labute approximate surface area is 164 Å². The van der Waals surface area contributed by atoms with Crippen molar-refractivity contribution in [2.45, 2.75) is 21.1 Å². The third-order valence-corrected chi connectivity index (χ3v) is 7.02. The number of amides is 1. The summed E-state index contributed by atoms with van der Waals surface area (Å²) in [6.07, 6.45) is 8.43. The number of nitrogens with zero attached hydrogens (tertiary/aromatic N) is 1. The van der Waals surface area contributed by atoms with Gasteiger partial charge in [0.1, 0.15) is 0 Å². The SMILES string of the molecule is O=C(CSc1ccc(Br)cc1)N1c2ccccc2S[C@H]2C=CC=C[C@H]21. The molecule has 2 atom stereocenters. The molecule has 2 aromatic carbocycles. The molecule has 0 fully saturated rings. The normalized spacial score (nSPS) is 20.9. The number of hydrogen-bond donors (Lipinski definition) is 0. The fraction of sp³-hybridized carbons (Fsp3) is 0.150. The number of rotatable bonds is 3. The minimum absolute atomic E-state index is 0.0860. The molecule has 1 aliphatic carbocycles. The quantitative estimate of drug-likeness (QED) is 0.596. The summed E-state index contributed by atoms with van der Waals surface area (Å²) >= 11 is 6.86. The van der Waals surface area contributed by atoms with Crippen molar-refractivity contribution >= 4 is 51.0 Å². The van der Waals surface area contributed by atoms with Crippen molar-refractivity contribution in [1.82, 2.24) is 0 Å². The molecule has 0 N–H and O–H groups in total. The third kappa shape index (κ3) is 3.59. The second-order valence-corrected chi connectivity index (χ2v) is 9.00. The number of allylic oxidation sites excluding steroid dienone is 2. The molecule has 1 heterocycles. The van der Waals surface area contributed by atoms with Crippen molar-refractivity contribution in [3.63, 3.8) is 0 Å². The molecule has 2 aromatic rings. The molecule has 126 valence electrons. The van der Waals surface area contributed by atoms with E-state index in [1.54, 1.807) is 11.8 Å². The highest BCUT2D eigenvalue weighted by Crippen LogP contribution is 2.43. The van der Waals surface area contributed by atoms with E-state index in [1.807, 2.05) is 65.2 Å². The Morgan fingerprint density at radius 2 is 1.84 bits per heavy atom. The van der Waals surface area contributed by atoms with E-state index in [0.29, 0.717) is 5.75 Å². The first-order valence-corrected chi connectivity index (χ1v) is 10.7. The lowest BCUT2D eigenvalue weighted by molar-refractivity contribution is -0.116. The maximum atomic E-state index is 13.1. The van der Waals surface area contributed by atoms with Gasteiger partial charge >= 0.3 is 0 Å². The van der Waals surface area contributed by atoms with Gasteiger partial charge in [0.05, 0.1) is 22.7 Å². The van der Waals surface area contributed by atoms with E-state index in [2.05, 4.69) is 40.2 Å². The number of halogens is 1. The summed E-state index contributed by atoms with van der Waals surface area (Å²) in [4.78, 5) is 17.3. The second-order valence-electron chi connectivity index (χ2n) is 5.82. The zero-order valence-electron chi connectivity index (χ0n) is 13.3. The minimum Gasteiger partial charge on any atom is -0.302 e. The van der Waals surface area contributed by atoms with Gasteiger partial charge in [-0.25, -0.2) is 0 Å². The monoisotopic (exact) mass is 429 g/mol. The van der Waals surface area contributed by atoms with Crippen molar-refractivity contribution in [1.29, 1.82) is 0 Å². The van der Waals surface area contributed by atoms with Gasteiger partial charge in [0.2, 0.25) is 5.91 Å². The molecule has 0 unspecified atom stereocenters. The number of thioether (sulfide) groups is 2. The van der Waals surface area contributed by atoms with Crippen LogP contribution in [0.4, 0.5) is 5.69 Å². The Hall–Kier alpha value is -1.43. The largest absolute Gasteiger partial charge is 0.302 e. The first-order chi connectivity index (χ1) is 12.2. The van der Waals surface area contributed by atoms with Gasteiger partial charge in [-0.2, -0.15) is 0 Å². The fourth-order valence-electron chi connectivity index (χ4n) is 3.03. The van der Waals surface area contributed by atoms with Crippen LogP contribution in [-0.4, -0.2) is 23.0 Å². The molecule has 0 radical (unpaired) electrons. The number of hydrogen-bond acceptors (Lipinski definition) is 3. The molecule has 0 saturated carbocycles. The Morgan fingerprint density at radius 3 is 2.68 bits per heavy atom. The molecule has 0 spiro atoms. The summed E-state index contributed by atoms with van der Waals surface area (Å²) in [5, 5.41) is 0.279. The number of anilines is 1. The van der Waals surface area contributed by atoms with Crippen LogP contribution in [0.25, 0.3) is 0 Å². The van der Waals surface area contributed by atoms with Crippen LogP contribution in [0.2, 0.25) is 0 Å². The highest BCUT2D eigenvalue weighted by Gasteiger charge is 2.36. The molecule has 25 heavy (non-hydrogen) atoms. The van der Waals surface area contributed by atoms with Gasteiger partial charge in [0.15, 0.2) is 0 Å². The molecule has 0 saturated heterocycles. The van der Waals surface area contributed by atoms with Crippen LogP contribution in [0.5, 0.6) is 0 Å². The van der Waals surface area contributed by atoms with Gasteiger partial charge < -0.3 is 4.90 Å². The standard InChI is InChI=1S/C20H16BrNOS2/c21-14-9-11-15(12-10-14)24-13-20(23)22-16-5-1-3-7-18(16)25-19-8-4-2-6-17(19)22/h1-12,16,18H,13H2/t16-,18+/m1/s1. The lowest BCUT2D eigenvalue weighted by Gasteiger charge is -2.40. The van der Waals surface area contributed by atoms with Gasteiger partial charge in [0.25, 0.3) is 0 Å². The molecule has 2 nitrogen and oxygen atoms in total. The van der Waals surface area contributed by atoms with E-state index in [0.717, 1.165) is 15.1 Å². The van der Waals surface area contributed by atoms with Crippen LogP contribution in [0.1, 0.15) is 0 Å². The molecule has 4 rings (SSSR count). The lowest BCUT2D eigenvalue weighted by atomic mass is 10.0. The van der Waals surface area contributed by atoms with E-state index in [1.165, 1.54) is 4.90 Å². The Kier molecular flexibility index (Phi) is 5.06. The lowest BCUT2D eigenvalue weighted by Crippen LogP contribution is -2.48.